The van der Waals surface area contributed by atoms with E-state index < -0.39 is 44.5 Å². The molecule has 2 rings (SSSR count). The van der Waals surface area contributed by atoms with Crippen LogP contribution in [0.1, 0.15) is 36.4 Å². The summed E-state index contributed by atoms with van der Waals surface area (Å²) in [5.41, 5.74) is 3.02. The number of sulfonamides is 1. The lowest BCUT2D eigenvalue weighted by molar-refractivity contribution is -0.137. The van der Waals surface area contributed by atoms with E-state index in [1.807, 2.05) is 0 Å². The van der Waals surface area contributed by atoms with Crippen molar-refractivity contribution in [2.75, 3.05) is 0 Å². The van der Waals surface area contributed by atoms with Gasteiger partial charge < -0.3 is 4.42 Å². The zero-order chi connectivity index (χ0) is 22.5. The van der Waals surface area contributed by atoms with Crippen LogP contribution >= 0.6 is 0 Å². The van der Waals surface area contributed by atoms with Crippen LogP contribution in [0.4, 0.5) is 13.2 Å². The summed E-state index contributed by atoms with van der Waals surface area (Å²) >= 11 is 0. The van der Waals surface area contributed by atoms with Crippen molar-refractivity contribution in [3.8, 4) is 0 Å². The Morgan fingerprint density at radius 3 is 2.37 bits per heavy atom. The fraction of sp³-hybridized carbons (Fsp3) is 0.333. The van der Waals surface area contributed by atoms with Crippen LogP contribution in [0.3, 0.4) is 0 Å². The largest absolute Gasteiger partial charge is 0.459 e. The van der Waals surface area contributed by atoms with Crippen LogP contribution in [0.15, 0.2) is 52.0 Å². The molecule has 1 heterocycles. The van der Waals surface area contributed by atoms with Crippen molar-refractivity contribution >= 4 is 21.8 Å². The minimum absolute atomic E-state index is 0.0284. The Hall–Kier alpha value is -2.86. The van der Waals surface area contributed by atoms with Crippen molar-refractivity contribution in [2.45, 2.75) is 37.4 Å². The molecule has 0 bridgehead atoms. The Kier molecular flexibility index (Phi) is 7.26. The third-order valence-electron chi connectivity index (χ3n) is 3.84. The lowest BCUT2D eigenvalue weighted by Crippen LogP contribution is -2.52. The number of hydrogen-bond donors (Lipinski definition) is 3. The van der Waals surface area contributed by atoms with Gasteiger partial charge in [-0.25, -0.2) is 8.42 Å². The summed E-state index contributed by atoms with van der Waals surface area (Å²) in [7, 11) is -4.46. The Morgan fingerprint density at radius 1 is 1.10 bits per heavy atom. The topological polar surface area (TPSA) is 118 Å². The van der Waals surface area contributed by atoms with E-state index in [1.165, 1.54) is 18.4 Å². The molecular weight excluding hydrogens is 427 g/mol. The van der Waals surface area contributed by atoms with Gasteiger partial charge in [0, 0.05) is 0 Å². The van der Waals surface area contributed by atoms with Gasteiger partial charge in [-0.2, -0.15) is 17.9 Å². The SMILES string of the molecule is CC(C)C[C@@H](NS(=O)(=O)c1cccc(C(F)(F)F)c1)C(=O)NNC(=O)c1ccco1. The highest BCUT2D eigenvalue weighted by atomic mass is 32.2. The number of alkyl halides is 3. The van der Waals surface area contributed by atoms with Crippen molar-refractivity contribution in [1.29, 1.82) is 0 Å². The highest BCUT2D eigenvalue weighted by Crippen LogP contribution is 2.30. The number of furan rings is 1. The standard InChI is InChI=1S/C18H20F3N3O5S/c1-11(2)9-14(16(25)22-23-17(26)15-7-4-8-29-15)24-30(27,28)13-6-3-5-12(10-13)18(19,20)21/h3-8,10-11,14,24H,9H2,1-2H3,(H,22,25)(H,23,26)/t14-/m1/s1. The average molecular weight is 447 g/mol. The maximum Gasteiger partial charge on any atom is 0.416 e. The summed E-state index contributed by atoms with van der Waals surface area (Å²) in [5.74, 6) is -1.89. The summed E-state index contributed by atoms with van der Waals surface area (Å²) in [6.07, 6.45) is -3.45. The van der Waals surface area contributed by atoms with Gasteiger partial charge >= 0.3 is 12.1 Å². The fourth-order valence-electron chi connectivity index (χ4n) is 2.45. The molecule has 0 aliphatic carbocycles. The van der Waals surface area contributed by atoms with Crippen LogP contribution < -0.4 is 15.6 Å². The number of carbonyl (C=O) groups excluding carboxylic acids is 2. The van der Waals surface area contributed by atoms with Gasteiger partial charge in [0.2, 0.25) is 10.0 Å². The van der Waals surface area contributed by atoms with Gasteiger partial charge in [0.1, 0.15) is 6.04 Å². The molecule has 12 heteroatoms. The second kappa shape index (κ2) is 9.30. The van der Waals surface area contributed by atoms with Gasteiger partial charge in [0.05, 0.1) is 16.7 Å². The molecule has 0 radical (unpaired) electrons. The highest BCUT2D eigenvalue weighted by molar-refractivity contribution is 7.89. The molecule has 1 aromatic heterocycles. The maximum absolute atomic E-state index is 12.9. The van der Waals surface area contributed by atoms with Gasteiger partial charge in [-0.15, -0.1) is 0 Å². The van der Waals surface area contributed by atoms with Crippen molar-refractivity contribution in [1.82, 2.24) is 15.6 Å². The first-order valence-corrected chi connectivity index (χ1v) is 10.2. The number of hydrogen-bond acceptors (Lipinski definition) is 5. The summed E-state index contributed by atoms with van der Waals surface area (Å²) in [6.45, 7) is 3.45. The van der Waals surface area contributed by atoms with E-state index in [1.54, 1.807) is 13.8 Å². The summed E-state index contributed by atoms with van der Waals surface area (Å²) in [5, 5.41) is 0. The van der Waals surface area contributed by atoms with E-state index in [2.05, 4.69) is 15.6 Å². The molecule has 0 saturated carbocycles. The maximum atomic E-state index is 12.9. The summed E-state index contributed by atoms with van der Waals surface area (Å²) in [6, 6.07) is 4.62. The average Bonchev–Trinajstić information content (AvgIpc) is 3.19. The zero-order valence-corrected chi connectivity index (χ0v) is 16.8. The summed E-state index contributed by atoms with van der Waals surface area (Å²) in [4.78, 5) is 23.6. The molecule has 2 aromatic rings. The Bertz CT molecular complexity index is 989. The summed E-state index contributed by atoms with van der Waals surface area (Å²) < 4.78 is 70.8. The monoisotopic (exact) mass is 447 g/mol. The number of amides is 2. The molecule has 0 fully saturated rings. The van der Waals surface area contributed by atoms with E-state index in [0.717, 1.165) is 18.2 Å². The third kappa shape index (κ3) is 6.32. The Labute approximate surface area is 170 Å². The van der Waals surface area contributed by atoms with Crippen LogP contribution in [0.2, 0.25) is 0 Å². The van der Waals surface area contributed by atoms with Crippen molar-refractivity contribution in [3.05, 3.63) is 54.0 Å². The van der Waals surface area contributed by atoms with Crippen LogP contribution in [0.5, 0.6) is 0 Å². The van der Waals surface area contributed by atoms with E-state index in [-0.39, 0.29) is 18.1 Å². The van der Waals surface area contributed by atoms with Crippen molar-refractivity contribution in [2.24, 2.45) is 5.92 Å². The molecule has 0 unspecified atom stereocenters. The first-order chi connectivity index (χ1) is 13.9. The minimum Gasteiger partial charge on any atom is -0.459 e. The van der Waals surface area contributed by atoms with Gasteiger partial charge in [-0.05, 0) is 42.7 Å². The number of nitrogens with one attached hydrogen (secondary N) is 3. The molecule has 1 aromatic carbocycles. The molecule has 3 N–H and O–H groups in total. The number of halogens is 3. The van der Waals surface area contributed by atoms with Gasteiger partial charge in [0.25, 0.3) is 5.91 Å². The van der Waals surface area contributed by atoms with Gasteiger partial charge in [0.15, 0.2) is 5.76 Å². The Balaban J connectivity index is 2.16. The quantitative estimate of drug-likeness (QED) is 0.564. The van der Waals surface area contributed by atoms with Crippen molar-refractivity contribution < 1.29 is 35.6 Å². The lowest BCUT2D eigenvalue weighted by atomic mass is 10.0. The third-order valence-corrected chi connectivity index (χ3v) is 5.31. The van der Waals surface area contributed by atoms with E-state index >= 15 is 0 Å². The molecule has 2 amide bonds. The number of rotatable bonds is 7. The van der Waals surface area contributed by atoms with Gasteiger partial charge in [-0.1, -0.05) is 19.9 Å². The number of benzene rings is 1. The minimum atomic E-state index is -4.73. The molecule has 0 aliphatic heterocycles. The molecule has 164 valence electrons. The normalized spacial score (nSPS) is 13.1. The van der Waals surface area contributed by atoms with Crippen molar-refractivity contribution in [3.63, 3.8) is 0 Å². The molecule has 0 saturated heterocycles. The predicted molar refractivity (Wildman–Crippen MR) is 99.3 cm³/mol. The molecule has 1 atom stereocenters. The molecule has 0 spiro atoms. The molecule has 8 nitrogen and oxygen atoms in total. The first kappa shape index (κ1) is 23.4. The van der Waals surface area contributed by atoms with Crippen LogP contribution in [0.25, 0.3) is 0 Å². The van der Waals surface area contributed by atoms with E-state index in [9.17, 15) is 31.2 Å². The smallest absolute Gasteiger partial charge is 0.416 e. The Morgan fingerprint density at radius 2 is 1.80 bits per heavy atom. The number of hydrazine groups is 1. The second-order valence-electron chi connectivity index (χ2n) is 6.75. The number of carbonyl (C=O) groups is 2. The molecular formula is C18H20F3N3O5S. The second-order valence-corrected chi connectivity index (χ2v) is 8.46. The lowest BCUT2D eigenvalue weighted by Gasteiger charge is -2.20. The molecule has 30 heavy (non-hydrogen) atoms. The van der Waals surface area contributed by atoms with Crippen LogP contribution in [0, 0.1) is 5.92 Å². The van der Waals surface area contributed by atoms with E-state index in [4.69, 9.17) is 4.42 Å². The fourth-order valence-corrected chi connectivity index (χ4v) is 3.70. The molecule has 0 aliphatic rings. The highest BCUT2D eigenvalue weighted by Gasteiger charge is 2.33. The van der Waals surface area contributed by atoms with Crippen LogP contribution in [-0.2, 0) is 21.0 Å². The van der Waals surface area contributed by atoms with Gasteiger partial charge in [-0.3, -0.25) is 20.4 Å². The van der Waals surface area contributed by atoms with Crippen LogP contribution in [-0.4, -0.2) is 26.3 Å². The zero-order valence-electron chi connectivity index (χ0n) is 16.0. The first-order valence-electron chi connectivity index (χ1n) is 8.73. The predicted octanol–water partition coefficient (Wildman–Crippen LogP) is 2.45. The van der Waals surface area contributed by atoms with E-state index in [0.29, 0.717) is 6.07 Å².